The van der Waals surface area contributed by atoms with Crippen molar-refractivity contribution >= 4 is 11.9 Å². The van der Waals surface area contributed by atoms with Gasteiger partial charge in [0.1, 0.15) is 5.75 Å². The number of hydrogen-bond donors (Lipinski definition) is 2. The smallest absolute Gasteiger partial charge is 0.241 e. The Labute approximate surface area is 175 Å². The molecule has 0 heterocycles. The molecule has 1 aromatic rings. The first kappa shape index (κ1) is 23.0. The highest BCUT2D eigenvalue weighted by molar-refractivity contribution is 5.86. The number of benzene rings is 1. The first-order chi connectivity index (χ1) is 13.8. The zero-order valence-electron chi connectivity index (χ0n) is 18.6. The van der Waals surface area contributed by atoms with Crippen LogP contribution in [0.2, 0.25) is 0 Å². The molecule has 0 bridgehead atoms. The van der Waals surface area contributed by atoms with Crippen molar-refractivity contribution in [3.8, 4) is 5.75 Å². The summed E-state index contributed by atoms with van der Waals surface area (Å²) in [5, 5.41) is 6.71. The molecule has 1 saturated carbocycles. The van der Waals surface area contributed by atoms with Crippen molar-refractivity contribution in [2.75, 3.05) is 54.9 Å². The highest BCUT2D eigenvalue weighted by Crippen LogP contribution is 2.37. The van der Waals surface area contributed by atoms with Gasteiger partial charge in [-0.25, -0.2) is 4.99 Å². The monoisotopic (exact) mass is 403 g/mol. The molecule has 0 radical (unpaired) electrons. The number of amides is 1. The Kier molecular flexibility index (Phi) is 8.76. The molecule has 0 aliphatic heterocycles. The molecule has 2 rings (SSSR count). The number of likely N-dealkylation sites (N-methyl/N-ethyl adjacent to an activating group) is 1. The van der Waals surface area contributed by atoms with Crippen molar-refractivity contribution in [1.82, 2.24) is 20.4 Å². The Hall–Kier alpha value is -2.28. The van der Waals surface area contributed by atoms with E-state index in [1.54, 1.807) is 26.1 Å². The van der Waals surface area contributed by atoms with Gasteiger partial charge in [-0.05, 0) is 44.6 Å². The second-order valence-electron chi connectivity index (χ2n) is 8.45. The number of nitrogens with one attached hydrogen (secondary N) is 2. The molecule has 1 aromatic carbocycles. The second kappa shape index (κ2) is 11.0. The topological polar surface area (TPSA) is 69.2 Å². The third-order valence-electron chi connectivity index (χ3n) is 5.43. The first-order valence-electron chi connectivity index (χ1n) is 10.3. The van der Waals surface area contributed by atoms with Gasteiger partial charge in [-0.1, -0.05) is 25.0 Å². The van der Waals surface area contributed by atoms with Gasteiger partial charge in [0.05, 0.1) is 20.2 Å². The molecule has 1 aliphatic carbocycles. The van der Waals surface area contributed by atoms with Crippen LogP contribution in [0.4, 0.5) is 0 Å². The van der Waals surface area contributed by atoms with Crippen LogP contribution in [0.15, 0.2) is 29.3 Å². The van der Waals surface area contributed by atoms with Crippen LogP contribution in [-0.2, 0) is 11.3 Å². The highest BCUT2D eigenvalue weighted by Gasteiger charge is 2.34. The van der Waals surface area contributed by atoms with Gasteiger partial charge < -0.3 is 25.2 Å². The minimum absolute atomic E-state index is 0.0211. The van der Waals surface area contributed by atoms with Crippen molar-refractivity contribution in [2.24, 2.45) is 10.4 Å². The van der Waals surface area contributed by atoms with Crippen molar-refractivity contribution < 1.29 is 9.53 Å². The van der Waals surface area contributed by atoms with Crippen LogP contribution in [0.3, 0.4) is 0 Å². The van der Waals surface area contributed by atoms with Crippen molar-refractivity contribution in [3.05, 3.63) is 29.8 Å². The number of aliphatic imine (C=N–C) groups is 1. The number of hydrogen-bond acceptors (Lipinski definition) is 4. The molecular weight excluding hydrogens is 366 g/mol. The molecular formula is C22H37N5O2. The molecule has 1 amide bonds. The summed E-state index contributed by atoms with van der Waals surface area (Å²) >= 11 is 0. The molecule has 29 heavy (non-hydrogen) atoms. The van der Waals surface area contributed by atoms with Crippen LogP contribution in [-0.4, -0.2) is 76.6 Å². The number of nitrogens with zero attached hydrogens (tertiary/aromatic N) is 3. The minimum Gasteiger partial charge on any atom is -0.497 e. The van der Waals surface area contributed by atoms with E-state index in [-0.39, 0.29) is 17.9 Å². The average Bonchev–Trinajstić information content (AvgIpc) is 3.15. The molecule has 0 atom stereocenters. The van der Waals surface area contributed by atoms with E-state index in [0.717, 1.165) is 24.4 Å². The van der Waals surface area contributed by atoms with E-state index in [9.17, 15) is 4.79 Å². The minimum atomic E-state index is 0.0211. The summed E-state index contributed by atoms with van der Waals surface area (Å²) in [6.45, 7) is 2.68. The fourth-order valence-electron chi connectivity index (χ4n) is 3.85. The molecule has 162 valence electrons. The molecule has 0 aromatic heterocycles. The van der Waals surface area contributed by atoms with Gasteiger partial charge in [0.2, 0.25) is 5.91 Å². The van der Waals surface area contributed by atoms with Crippen LogP contribution in [0.1, 0.15) is 31.2 Å². The van der Waals surface area contributed by atoms with Gasteiger partial charge in [-0.15, -0.1) is 0 Å². The number of guanidine groups is 1. The van der Waals surface area contributed by atoms with E-state index in [1.165, 1.54) is 25.7 Å². The molecule has 0 unspecified atom stereocenters. The average molecular weight is 404 g/mol. The molecule has 7 nitrogen and oxygen atoms in total. The molecule has 2 N–H and O–H groups in total. The van der Waals surface area contributed by atoms with Crippen LogP contribution in [0.5, 0.6) is 5.75 Å². The van der Waals surface area contributed by atoms with Gasteiger partial charge in [0, 0.05) is 32.6 Å². The predicted molar refractivity (Wildman–Crippen MR) is 118 cm³/mol. The lowest BCUT2D eigenvalue weighted by atomic mass is 9.85. The molecule has 1 fully saturated rings. The summed E-state index contributed by atoms with van der Waals surface area (Å²) in [4.78, 5) is 20.6. The van der Waals surface area contributed by atoms with Gasteiger partial charge in [0.25, 0.3) is 0 Å². The Balaban J connectivity index is 2.05. The van der Waals surface area contributed by atoms with Crippen LogP contribution in [0, 0.1) is 5.41 Å². The number of ether oxygens (including phenoxy) is 1. The van der Waals surface area contributed by atoms with E-state index < -0.39 is 0 Å². The first-order valence-corrected chi connectivity index (χ1v) is 10.3. The van der Waals surface area contributed by atoms with Crippen LogP contribution < -0.4 is 15.4 Å². The summed E-state index contributed by atoms with van der Waals surface area (Å²) in [6, 6.07) is 7.89. The SMILES string of the molecule is COc1ccc(CN=C(NCC(=O)N(C)C)NCC2(CN(C)C)CCCC2)cc1. The standard InChI is InChI=1S/C22H37N5O2/c1-26(2)17-22(12-6-7-13-22)16-25-21(24-15-20(28)27(3)4)23-14-18-8-10-19(29-5)11-9-18/h8-11H,6-7,12-17H2,1-5H3,(H2,23,24,25). The maximum absolute atomic E-state index is 12.0. The Morgan fingerprint density at radius 3 is 2.31 bits per heavy atom. The third-order valence-corrected chi connectivity index (χ3v) is 5.43. The van der Waals surface area contributed by atoms with Gasteiger partial charge in [0.15, 0.2) is 5.96 Å². The van der Waals surface area contributed by atoms with E-state index in [2.05, 4.69) is 29.6 Å². The predicted octanol–water partition coefficient (Wildman–Crippen LogP) is 1.94. The van der Waals surface area contributed by atoms with Gasteiger partial charge >= 0.3 is 0 Å². The van der Waals surface area contributed by atoms with Gasteiger partial charge in [-0.3, -0.25) is 4.79 Å². The quantitative estimate of drug-likeness (QED) is 0.487. The van der Waals surface area contributed by atoms with E-state index in [0.29, 0.717) is 12.5 Å². The molecule has 7 heteroatoms. The van der Waals surface area contributed by atoms with E-state index in [4.69, 9.17) is 9.73 Å². The van der Waals surface area contributed by atoms with Crippen LogP contribution in [0.25, 0.3) is 0 Å². The number of rotatable bonds is 9. The van der Waals surface area contributed by atoms with Crippen LogP contribution >= 0.6 is 0 Å². The maximum Gasteiger partial charge on any atom is 0.241 e. The van der Waals surface area contributed by atoms with E-state index in [1.807, 2.05) is 24.3 Å². The number of methoxy groups -OCH3 is 1. The normalized spacial score (nSPS) is 16.0. The Morgan fingerprint density at radius 2 is 1.76 bits per heavy atom. The van der Waals surface area contributed by atoms with E-state index >= 15 is 0 Å². The largest absolute Gasteiger partial charge is 0.497 e. The lowest BCUT2D eigenvalue weighted by molar-refractivity contribution is -0.127. The maximum atomic E-state index is 12.0. The Morgan fingerprint density at radius 1 is 1.10 bits per heavy atom. The molecule has 1 aliphatic rings. The van der Waals surface area contributed by atoms with Crippen molar-refractivity contribution in [1.29, 1.82) is 0 Å². The fourth-order valence-corrected chi connectivity index (χ4v) is 3.85. The summed E-state index contributed by atoms with van der Waals surface area (Å²) in [7, 11) is 9.44. The molecule has 0 saturated heterocycles. The zero-order chi connectivity index (χ0) is 21.3. The number of carbonyl (C=O) groups excluding carboxylic acids is 1. The third kappa shape index (κ3) is 7.57. The summed E-state index contributed by atoms with van der Waals surface area (Å²) < 4.78 is 5.21. The lowest BCUT2D eigenvalue weighted by Gasteiger charge is -2.33. The van der Waals surface area contributed by atoms with Crippen molar-refractivity contribution in [2.45, 2.75) is 32.2 Å². The van der Waals surface area contributed by atoms with Crippen molar-refractivity contribution in [3.63, 3.8) is 0 Å². The Bertz CT molecular complexity index is 664. The summed E-state index contributed by atoms with van der Waals surface area (Å²) in [6.07, 6.45) is 5.00. The lowest BCUT2D eigenvalue weighted by Crippen LogP contribution is -2.48. The summed E-state index contributed by atoms with van der Waals surface area (Å²) in [5.41, 5.74) is 1.35. The fraction of sp³-hybridized carbons (Fsp3) is 0.636. The van der Waals surface area contributed by atoms with Gasteiger partial charge in [-0.2, -0.15) is 0 Å². The summed E-state index contributed by atoms with van der Waals surface area (Å²) in [5.74, 6) is 1.53. The highest BCUT2D eigenvalue weighted by atomic mass is 16.5. The molecule has 0 spiro atoms. The zero-order valence-corrected chi connectivity index (χ0v) is 18.6. The number of carbonyl (C=O) groups is 1. The second-order valence-corrected chi connectivity index (χ2v) is 8.45.